The third-order valence-corrected chi connectivity index (χ3v) is 4.45. The predicted octanol–water partition coefficient (Wildman–Crippen LogP) is 2.44. The topological polar surface area (TPSA) is 61.4 Å². The van der Waals surface area contributed by atoms with Crippen molar-refractivity contribution in [1.82, 2.24) is 15.5 Å². The van der Waals surface area contributed by atoms with Crippen molar-refractivity contribution in [2.75, 3.05) is 26.2 Å². The van der Waals surface area contributed by atoms with E-state index in [9.17, 15) is 9.59 Å². The first-order valence-electron chi connectivity index (χ1n) is 9.14. The maximum atomic E-state index is 12.8. The fraction of sp³-hybridized carbons (Fsp3) is 0.889. The van der Waals surface area contributed by atoms with Gasteiger partial charge in [0.2, 0.25) is 11.8 Å². The van der Waals surface area contributed by atoms with Gasteiger partial charge in [-0.05, 0) is 43.7 Å². The Kier molecular flexibility index (Phi) is 11.3. The van der Waals surface area contributed by atoms with Crippen LogP contribution in [0, 0.1) is 17.8 Å². The minimum Gasteiger partial charge on any atom is -0.344 e. The highest BCUT2D eigenvalue weighted by atomic mass is 35.5. The first-order valence-corrected chi connectivity index (χ1v) is 9.14. The molecule has 1 saturated heterocycles. The molecule has 142 valence electrons. The Labute approximate surface area is 153 Å². The quantitative estimate of drug-likeness (QED) is 0.698. The van der Waals surface area contributed by atoms with E-state index in [1.165, 1.54) is 0 Å². The van der Waals surface area contributed by atoms with Crippen LogP contribution < -0.4 is 10.6 Å². The predicted molar refractivity (Wildman–Crippen MR) is 101 cm³/mol. The van der Waals surface area contributed by atoms with Crippen molar-refractivity contribution < 1.29 is 9.59 Å². The lowest BCUT2D eigenvalue weighted by Gasteiger charge is -2.35. The summed E-state index contributed by atoms with van der Waals surface area (Å²) in [6.45, 7) is 13.8. The minimum atomic E-state index is -0.397. The molecule has 1 aliphatic heterocycles. The average Bonchev–Trinajstić information content (AvgIpc) is 2.49. The van der Waals surface area contributed by atoms with Gasteiger partial charge in [0.1, 0.15) is 6.04 Å². The summed E-state index contributed by atoms with van der Waals surface area (Å²) in [6.07, 6.45) is 2.56. The maximum absolute atomic E-state index is 12.8. The summed E-state index contributed by atoms with van der Waals surface area (Å²) in [7, 11) is 0. The number of hydrogen-bond acceptors (Lipinski definition) is 3. The summed E-state index contributed by atoms with van der Waals surface area (Å²) in [5.74, 6) is 1.14. The third-order valence-electron chi connectivity index (χ3n) is 4.45. The lowest BCUT2D eigenvalue weighted by Crippen LogP contribution is -2.53. The van der Waals surface area contributed by atoms with Crippen molar-refractivity contribution in [3.05, 3.63) is 0 Å². The number of halogens is 1. The number of hydrogen-bond donors (Lipinski definition) is 2. The normalized spacial score (nSPS) is 16.9. The van der Waals surface area contributed by atoms with Crippen molar-refractivity contribution in [2.45, 2.75) is 59.9 Å². The van der Waals surface area contributed by atoms with Crippen molar-refractivity contribution in [1.29, 1.82) is 0 Å². The second-order valence-corrected chi connectivity index (χ2v) is 7.46. The second-order valence-electron chi connectivity index (χ2n) is 7.46. The van der Waals surface area contributed by atoms with E-state index >= 15 is 0 Å². The van der Waals surface area contributed by atoms with Crippen molar-refractivity contribution >= 4 is 24.2 Å². The molecule has 1 fully saturated rings. The lowest BCUT2D eigenvalue weighted by molar-refractivity contribution is -0.139. The summed E-state index contributed by atoms with van der Waals surface area (Å²) in [6, 6.07) is -0.397. The van der Waals surface area contributed by atoms with Gasteiger partial charge in [0.25, 0.3) is 0 Å². The van der Waals surface area contributed by atoms with E-state index in [-0.39, 0.29) is 30.1 Å². The Morgan fingerprint density at radius 2 is 1.71 bits per heavy atom. The Bertz CT molecular complexity index is 380. The molecule has 1 unspecified atom stereocenters. The summed E-state index contributed by atoms with van der Waals surface area (Å²) in [5, 5.41) is 6.33. The second kappa shape index (κ2) is 11.7. The fourth-order valence-corrected chi connectivity index (χ4v) is 3.02. The molecule has 0 aliphatic carbocycles. The van der Waals surface area contributed by atoms with Gasteiger partial charge in [-0.15, -0.1) is 12.4 Å². The zero-order chi connectivity index (χ0) is 17.4. The first kappa shape index (κ1) is 23.2. The standard InChI is InChI=1S/C18H35N3O2.ClH/c1-6-19-12-15-7-9-21(10-8-15)18(23)17(14(4)5)20-16(22)11-13(2)3;/h13-15,17,19H,6-12H2,1-5H3,(H,20,22);1H. The molecule has 5 nitrogen and oxygen atoms in total. The molecular weight excluding hydrogens is 326 g/mol. The summed E-state index contributed by atoms with van der Waals surface area (Å²) in [5.41, 5.74) is 0. The van der Waals surface area contributed by atoms with Crippen LogP contribution in [-0.2, 0) is 9.59 Å². The molecule has 6 heteroatoms. The molecule has 0 radical (unpaired) electrons. The molecule has 0 aromatic heterocycles. The molecule has 0 bridgehead atoms. The number of carbonyl (C=O) groups excluding carboxylic acids is 2. The van der Waals surface area contributed by atoms with Crippen LogP contribution in [0.3, 0.4) is 0 Å². The average molecular weight is 362 g/mol. The molecule has 0 aromatic rings. The van der Waals surface area contributed by atoms with E-state index in [4.69, 9.17) is 0 Å². The lowest BCUT2D eigenvalue weighted by atomic mass is 9.94. The summed E-state index contributed by atoms with van der Waals surface area (Å²) >= 11 is 0. The van der Waals surface area contributed by atoms with Crippen molar-refractivity contribution in [3.63, 3.8) is 0 Å². The van der Waals surface area contributed by atoms with Crippen molar-refractivity contribution in [3.8, 4) is 0 Å². The SMILES string of the molecule is CCNCC1CCN(C(=O)C(NC(=O)CC(C)C)C(C)C)CC1.Cl. The molecule has 24 heavy (non-hydrogen) atoms. The van der Waals surface area contributed by atoms with Gasteiger partial charge >= 0.3 is 0 Å². The highest BCUT2D eigenvalue weighted by Gasteiger charge is 2.31. The Balaban J connectivity index is 0.00000529. The van der Waals surface area contributed by atoms with Crippen LogP contribution >= 0.6 is 12.4 Å². The van der Waals surface area contributed by atoms with E-state index in [0.29, 0.717) is 18.3 Å². The van der Waals surface area contributed by atoms with E-state index in [1.54, 1.807) is 0 Å². The van der Waals surface area contributed by atoms with Crippen LogP contribution in [0.4, 0.5) is 0 Å². The molecule has 0 aromatic carbocycles. The number of piperidine rings is 1. The van der Waals surface area contributed by atoms with Gasteiger partial charge in [-0.2, -0.15) is 0 Å². The van der Waals surface area contributed by atoms with Crippen molar-refractivity contribution in [2.24, 2.45) is 17.8 Å². The van der Waals surface area contributed by atoms with Gasteiger partial charge in [-0.3, -0.25) is 9.59 Å². The van der Waals surface area contributed by atoms with Gasteiger partial charge < -0.3 is 15.5 Å². The number of nitrogens with zero attached hydrogens (tertiary/aromatic N) is 1. The van der Waals surface area contributed by atoms with E-state index in [1.807, 2.05) is 32.6 Å². The fourth-order valence-electron chi connectivity index (χ4n) is 3.02. The van der Waals surface area contributed by atoms with Crippen LogP contribution in [-0.4, -0.2) is 48.9 Å². The highest BCUT2D eigenvalue weighted by molar-refractivity contribution is 5.88. The van der Waals surface area contributed by atoms with Crippen LogP contribution in [0.15, 0.2) is 0 Å². The molecule has 1 atom stereocenters. The third kappa shape index (κ3) is 7.84. The summed E-state index contributed by atoms with van der Waals surface area (Å²) in [4.78, 5) is 26.7. The zero-order valence-electron chi connectivity index (χ0n) is 15.9. The molecule has 0 saturated carbocycles. The zero-order valence-corrected chi connectivity index (χ0v) is 16.7. The maximum Gasteiger partial charge on any atom is 0.245 e. The number of rotatable bonds is 8. The van der Waals surface area contributed by atoms with Crippen LogP contribution in [0.2, 0.25) is 0 Å². The Hall–Kier alpha value is -0.810. The van der Waals surface area contributed by atoms with Gasteiger partial charge in [-0.25, -0.2) is 0 Å². The molecule has 1 aliphatic rings. The van der Waals surface area contributed by atoms with Crippen LogP contribution in [0.25, 0.3) is 0 Å². The number of likely N-dealkylation sites (tertiary alicyclic amines) is 1. The minimum absolute atomic E-state index is 0. The van der Waals surface area contributed by atoms with E-state index in [2.05, 4.69) is 17.6 Å². The number of carbonyl (C=O) groups is 2. The number of nitrogens with one attached hydrogen (secondary N) is 2. The van der Waals surface area contributed by atoms with E-state index in [0.717, 1.165) is 39.0 Å². The van der Waals surface area contributed by atoms with Crippen LogP contribution in [0.1, 0.15) is 53.9 Å². The summed E-state index contributed by atoms with van der Waals surface area (Å²) < 4.78 is 0. The van der Waals surface area contributed by atoms with E-state index < -0.39 is 6.04 Å². The first-order chi connectivity index (χ1) is 10.8. The van der Waals surface area contributed by atoms with Gasteiger partial charge in [0.05, 0.1) is 0 Å². The molecule has 1 rings (SSSR count). The van der Waals surface area contributed by atoms with Crippen LogP contribution in [0.5, 0.6) is 0 Å². The Morgan fingerprint density at radius 1 is 1.12 bits per heavy atom. The van der Waals surface area contributed by atoms with Gasteiger partial charge in [0, 0.05) is 19.5 Å². The molecule has 0 spiro atoms. The highest BCUT2D eigenvalue weighted by Crippen LogP contribution is 2.18. The smallest absolute Gasteiger partial charge is 0.245 e. The van der Waals surface area contributed by atoms with Gasteiger partial charge in [0.15, 0.2) is 0 Å². The largest absolute Gasteiger partial charge is 0.344 e. The molecular formula is C18H36ClN3O2. The molecule has 2 N–H and O–H groups in total. The number of amides is 2. The molecule has 2 amide bonds. The Morgan fingerprint density at radius 3 is 2.17 bits per heavy atom. The monoisotopic (exact) mass is 361 g/mol. The van der Waals surface area contributed by atoms with Gasteiger partial charge in [-0.1, -0.05) is 34.6 Å². The molecule has 1 heterocycles.